The van der Waals surface area contributed by atoms with E-state index in [4.69, 9.17) is 9.47 Å². The molecule has 1 saturated heterocycles. The van der Waals surface area contributed by atoms with Gasteiger partial charge in [-0.2, -0.15) is 0 Å². The van der Waals surface area contributed by atoms with Gasteiger partial charge in [0, 0.05) is 16.0 Å². The van der Waals surface area contributed by atoms with E-state index in [2.05, 4.69) is 4.98 Å². The molecule has 0 spiro atoms. The number of thioether (sulfide) groups is 1. The largest absolute Gasteiger partial charge is 0.493 e. The topological polar surface area (TPSA) is 88.7 Å². The van der Waals surface area contributed by atoms with Crippen molar-refractivity contribution in [3.05, 3.63) is 68.1 Å². The molecule has 1 aromatic heterocycles. The van der Waals surface area contributed by atoms with Crippen molar-refractivity contribution < 1.29 is 19.1 Å². The number of aromatic amines is 1. The van der Waals surface area contributed by atoms with Crippen molar-refractivity contribution in [3.63, 3.8) is 0 Å². The number of benzene rings is 2. The fraction of sp³-hybridized carbons (Fsp3) is 0.393. The van der Waals surface area contributed by atoms with Crippen molar-refractivity contribution in [1.82, 2.24) is 4.98 Å². The molecule has 2 amide bonds. The number of hydrogen-bond donors (Lipinski definition) is 1. The van der Waals surface area contributed by atoms with E-state index in [9.17, 15) is 14.4 Å². The van der Waals surface area contributed by atoms with Crippen LogP contribution in [-0.2, 0) is 9.59 Å². The predicted octanol–water partition coefficient (Wildman–Crippen LogP) is 4.44. The third-order valence-electron chi connectivity index (χ3n) is 8.78. The highest BCUT2D eigenvalue weighted by atomic mass is 32.2. The number of ether oxygens (including phenoxy) is 2. The van der Waals surface area contributed by atoms with Gasteiger partial charge >= 0.3 is 4.87 Å². The molecule has 7 atom stereocenters. The zero-order valence-electron chi connectivity index (χ0n) is 20.6. The van der Waals surface area contributed by atoms with Gasteiger partial charge in [0.05, 0.1) is 36.8 Å². The number of anilines is 1. The number of imide groups is 1. The number of thiazole rings is 1. The Bertz CT molecular complexity index is 1490. The molecule has 0 unspecified atom stereocenters. The maximum Gasteiger partial charge on any atom is 0.305 e. The number of fused-ring (bicyclic) bond motifs is 9. The third-order valence-corrected chi connectivity index (χ3v) is 11.4. The Labute approximate surface area is 222 Å². The third kappa shape index (κ3) is 3.16. The number of aromatic nitrogens is 1. The molecule has 3 aromatic rings. The summed E-state index contributed by atoms with van der Waals surface area (Å²) in [6.45, 7) is 1.99. The Morgan fingerprint density at radius 2 is 1.62 bits per heavy atom. The first-order valence-electron chi connectivity index (χ1n) is 12.5. The highest BCUT2D eigenvalue weighted by Crippen LogP contribution is 2.68. The minimum absolute atomic E-state index is 0.0581. The highest BCUT2D eigenvalue weighted by Gasteiger charge is 2.69. The fourth-order valence-electron chi connectivity index (χ4n) is 7.38. The number of nitrogens with zero attached hydrogens (tertiary/aromatic N) is 1. The zero-order chi connectivity index (χ0) is 25.6. The van der Waals surface area contributed by atoms with Crippen LogP contribution >= 0.6 is 23.1 Å². The molecule has 2 aromatic carbocycles. The highest BCUT2D eigenvalue weighted by molar-refractivity contribution is 8.00. The average molecular weight is 535 g/mol. The van der Waals surface area contributed by atoms with Gasteiger partial charge in [0.2, 0.25) is 11.8 Å². The Kier molecular flexibility index (Phi) is 5.14. The Morgan fingerprint density at radius 3 is 2.32 bits per heavy atom. The van der Waals surface area contributed by atoms with Gasteiger partial charge in [0.25, 0.3) is 0 Å². The molecule has 2 aliphatic heterocycles. The van der Waals surface area contributed by atoms with Crippen LogP contribution in [0.25, 0.3) is 0 Å². The van der Waals surface area contributed by atoms with Crippen molar-refractivity contribution in [3.8, 4) is 11.5 Å². The number of nitrogens with one attached hydrogen (secondary N) is 1. The molecule has 37 heavy (non-hydrogen) atoms. The summed E-state index contributed by atoms with van der Waals surface area (Å²) in [6.07, 6.45) is 0.861. The maximum atomic E-state index is 13.8. The molecule has 4 aliphatic rings. The van der Waals surface area contributed by atoms with E-state index in [-0.39, 0.29) is 57.4 Å². The smallest absolute Gasteiger partial charge is 0.305 e. The van der Waals surface area contributed by atoms with E-state index in [0.717, 1.165) is 27.5 Å². The molecular weight excluding hydrogens is 508 g/mol. The summed E-state index contributed by atoms with van der Waals surface area (Å²) in [5.41, 5.74) is 2.79. The molecule has 3 heterocycles. The molecule has 7 rings (SSSR count). The lowest BCUT2D eigenvalue weighted by atomic mass is 9.68. The second-order valence-electron chi connectivity index (χ2n) is 10.4. The van der Waals surface area contributed by atoms with Gasteiger partial charge in [-0.3, -0.25) is 19.3 Å². The molecular formula is C28H26N2O5S2. The fourth-order valence-corrected chi connectivity index (χ4v) is 10.3. The molecule has 7 nitrogen and oxygen atoms in total. The monoisotopic (exact) mass is 534 g/mol. The SMILES string of the molecule is COc1ccc([C@@H]2c3sc(=O)[nH]c3S[C@@H]3[C@H]4C[C@@H]([C@@H]5C(=O)N(c6ccc(C)cc6)C(=O)[C@H]45)[C@H]23)cc1OC. The van der Waals surface area contributed by atoms with Crippen LogP contribution in [0.3, 0.4) is 0 Å². The molecule has 2 saturated carbocycles. The van der Waals surface area contributed by atoms with Crippen LogP contribution < -0.4 is 19.2 Å². The van der Waals surface area contributed by atoms with Gasteiger partial charge in [0.1, 0.15) is 0 Å². The Hall–Kier alpha value is -3.04. The maximum absolute atomic E-state index is 13.8. The van der Waals surface area contributed by atoms with Crippen molar-refractivity contribution in [2.24, 2.45) is 29.6 Å². The van der Waals surface area contributed by atoms with Crippen LogP contribution in [0.2, 0.25) is 0 Å². The predicted molar refractivity (Wildman–Crippen MR) is 142 cm³/mol. The molecule has 3 fully saturated rings. The number of H-pyrrole nitrogens is 1. The van der Waals surface area contributed by atoms with Gasteiger partial charge < -0.3 is 14.5 Å². The van der Waals surface area contributed by atoms with Crippen LogP contribution in [0.5, 0.6) is 11.5 Å². The normalized spacial score (nSPS) is 31.3. The van der Waals surface area contributed by atoms with E-state index in [0.29, 0.717) is 17.2 Å². The number of carbonyl (C=O) groups excluding carboxylic acids is 2. The molecule has 2 aliphatic carbocycles. The lowest BCUT2D eigenvalue weighted by molar-refractivity contribution is -0.123. The van der Waals surface area contributed by atoms with Gasteiger partial charge in [-0.1, -0.05) is 35.1 Å². The zero-order valence-corrected chi connectivity index (χ0v) is 22.2. The Morgan fingerprint density at radius 1 is 0.919 bits per heavy atom. The number of carbonyl (C=O) groups is 2. The quantitative estimate of drug-likeness (QED) is 0.498. The van der Waals surface area contributed by atoms with E-state index in [1.165, 1.54) is 16.2 Å². The van der Waals surface area contributed by atoms with Crippen molar-refractivity contribution in [2.75, 3.05) is 19.1 Å². The molecule has 1 N–H and O–H groups in total. The first kappa shape index (κ1) is 23.1. The van der Waals surface area contributed by atoms with Gasteiger partial charge in [0.15, 0.2) is 11.5 Å². The molecule has 2 bridgehead atoms. The summed E-state index contributed by atoms with van der Waals surface area (Å²) >= 11 is 2.95. The van der Waals surface area contributed by atoms with E-state index >= 15 is 0 Å². The van der Waals surface area contributed by atoms with Crippen LogP contribution in [0.1, 0.15) is 28.3 Å². The van der Waals surface area contributed by atoms with E-state index in [1.807, 2.05) is 49.4 Å². The first-order valence-corrected chi connectivity index (χ1v) is 14.2. The summed E-state index contributed by atoms with van der Waals surface area (Å²) < 4.78 is 11.1. The van der Waals surface area contributed by atoms with E-state index < -0.39 is 0 Å². The molecule has 9 heteroatoms. The lowest BCUT2D eigenvalue weighted by Gasteiger charge is -2.43. The summed E-state index contributed by atoms with van der Waals surface area (Å²) in [5, 5.41) is 1.05. The second kappa shape index (κ2) is 8.23. The number of amides is 2. The molecule has 0 radical (unpaired) electrons. The number of methoxy groups -OCH3 is 2. The standard InChI is InChI=1S/C28H26N2O5S2/c1-12-4-7-14(8-5-12)30-26(31)21-15-11-16(22(21)27(30)32)23-20(15)19(24-25(36-23)29-28(33)37-24)13-6-9-17(34-2)18(10-13)35-3/h4-10,15-16,19-23H,11H2,1-3H3,(H,29,33)/t15-,16+,19+,20-,21+,22-,23-/m1/s1. The second-order valence-corrected chi connectivity index (χ2v) is 12.6. The summed E-state index contributed by atoms with van der Waals surface area (Å²) in [5.74, 6) is 0.767. The minimum Gasteiger partial charge on any atom is -0.493 e. The van der Waals surface area contributed by atoms with Crippen LogP contribution in [0.4, 0.5) is 5.69 Å². The number of rotatable bonds is 4. The summed E-state index contributed by atoms with van der Waals surface area (Å²) in [4.78, 5) is 45.4. The Balaban J connectivity index is 1.32. The van der Waals surface area contributed by atoms with Gasteiger partial charge in [-0.05, 0) is 60.9 Å². The number of hydrogen-bond acceptors (Lipinski definition) is 7. The van der Waals surface area contributed by atoms with Gasteiger partial charge in [-0.15, -0.1) is 11.8 Å². The van der Waals surface area contributed by atoms with Crippen LogP contribution in [-0.4, -0.2) is 36.3 Å². The lowest BCUT2D eigenvalue weighted by Crippen LogP contribution is -2.42. The first-order chi connectivity index (χ1) is 17.9. The van der Waals surface area contributed by atoms with Gasteiger partial charge in [-0.25, -0.2) is 0 Å². The average Bonchev–Trinajstić information content (AvgIpc) is 3.63. The van der Waals surface area contributed by atoms with Crippen LogP contribution in [0.15, 0.2) is 52.3 Å². The number of aryl methyl sites for hydroxylation is 1. The summed E-state index contributed by atoms with van der Waals surface area (Å²) in [7, 11) is 3.23. The van der Waals surface area contributed by atoms with Crippen LogP contribution in [0, 0.1) is 36.5 Å². The van der Waals surface area contributed by atoms with Crippen molar-refractivity contribution in [2.45, 2.75) is 29.5 Å². The van der Waals surface area contributed by atoms with Crippen molar-refractivity contribution in [1.29, 1.82) is 0 Å². The minimum atomic E-state index is -0.319. The van der Waals surface area contributed by atoms with E-state index in [1.54, 1.807) is 26.0 Å². The summed E-state index contributed by atoms with van der Waals surface area (Å²) in [6, 6.07) is 13.5. The molecule has 190 valence electrons. The van der Waals surface area contributed by atoms with Crippen molar-refractivity contribution >= 4 is 40.6 Å².